The summed E-state index contributed by atoms with van der Waals surface area (Å²) in [5.41, 5.74) is 5.79. The second-order valence-electron chi connectivity index (χ2n) is 4.68. The summed E-state index contributed by atoms with van der Waals surface area (Å²) in [7, 11) is 3.07. The van der Waals surface area contributed by atoms with Gasteiger partial charge in [0.2, 0.25) is 5.91 Å². The van der Waals surface area contributed by atoms with Crippen molar-refractivity contribution in [3.05, 3.63) is 0 Å². The van der Waals surface area contributed by atoms with E-state index in [0.717, 1.165) is 0 Å². The molecule has 0 bridgehead atoms. The van der Waals surface area contributed by atoms with E-state index in [1.807, 2.05) is 13.8 Å². The molecular formula is C12H24N2O3. The molecule has 0 aromatic rings. The molecule has 0 aliphatic rings. The monoisotopic (exact) mass is 244 g/mol. The first-order chi connectivity index (χ1) is 7.88. The molecule has 0 rings (SSSR count). The van der Waals surface area contributed by atoms with Gasteiger partial charge in [0.15, 0.2) is 0 Å². The Morgan fingerprint density at radius 3 is 2.41 bits per heavy atom. The number of hydrogen-bond donors (Lipinski definition) is 1. The largest absolute Gasteiger partial charge is 0.469 e. The summed E-state index contributed by atoms with van der Waals surface area (Å²) in [6.07, 6.45) is 1.61. The predicted molar refractivity (Wildman–Crippen MR) is 66.3 cm³/mol. The maximum atomic E-state index is 11.8. The quantitative estimate of drug-likeness (QED) is 0.671. The van der Waals surface area contributed by atoms with Crippen LogP contribution in [-0.2, 0) is 14.3 Å². The van der Waals surface area contributed by atoms with Crippen molar-refractivity contribution in [3.63, 3.8) is 0 Å². The van der Waals surface area contributed by atoms with Crippen LogP contribution in [0.5, 0.6) is 0 Å². The smallest absolute Gasteiger partial charge is 0.305 e. The van der Waals surface area contributed by atoms with Gasteiger partial charge in [-0.05, 0) is 18.8 Å². The van der Waals surface area contributed by atoms with Gasteiger partial charge in [0, 0.05) is 20.0 Å². The molecule has 0 aliphatic carbocycles. The lowest BCUT2D eigenvalue weighted by molar-refractivity contribution is -0.141. The van der Waals surface area contributed by atoms with Crippen LogP contribution in [-0.4, -0.2) is 43.5 Å². The van der Waals surface area contributed by atoms with Crippen LogP contribution in [0.4, 0.5) is 0 Å². The van der Waals surface area contributed by atoms with E-state index in [1.54, 1.807) is 11.9 Å². The number of ether oxygens (including phenoxy) is 1. The molecule has 0 radical (unpaired) electrons. The van der Waals surface area contributed by atoms with Gasteiger partial charge in [0.05, 0.1) is 13.2 Å². The van der Waals surface area contributed by atoms with E-state index in [2.05, 4.69) is 4.74 Å². The van der Waals surface area contributed by atoms with E-state index in [-0.39, 0.29) is 11.9 Å². The molecule has 0 aliphatic heterocycles. The molecule has 0 heterocycles. The van der Waals surface area contributed by atoms with E-state index in [9.17, 15) is 9.59 Å². The topological polar surface area (TPSA) is 72.6 Å². The number of nitrogens with two attached hydrogens (primary N) is 1. The molecule has 0 aromatic heterocycles. The average Bonchev–Trinajstić information content (AvgIpc) is 2.26. The molecule has 5 heteroatoms. The van der Waals surface area contributed by atoms with Crippen LogP contribution in [0, 0.1) is 5.92 Å². The Labute approximate surface area is 103 Å². The molecular weight excluding hydrogens is 220 g/mol. The van der Waals surface area contributed by atoms with Crippen molar-refractivity contribution in [1.29, 1.82) is 0 Å². The number of methoxy groups -OCH3 is 1. The Morgan fingerprint density at radius 2 is 1.94 bits per heavy atom. The van der Waals surface area contributed by atoms with E-state index in [4.69, 9.17) is 5.73 Å². The number of likely N-dealkylation sites (N-methyl/N-ethyl adjacent to an activating group) is 1. The Balaban J connectivity index is 3.92. The Morgan fingerprint density at radius 1 is 1.35 bits per heavy atom. The van der Waals surface area contributed by atoms with Crippen LogP contribution in [0.3, 0.4) is 0 Å². The van der Waals surface area contributed by atoms with Crippen LogP contribution in [0.25, 0.3) is 0 Å². The first-order valence-corrected chi connectivity index (χ1v) is 5.95. The standard InChI is InChI=1S/C12H24N2O3/c1-9(2)8-10(13)12(16)14(3)7-5-6-11(15)17-4/h9-10H,5-8,13H2,1-4H3. The fourth-order valence-electron chi connectivity index (χ4n) is 1.56. The highest BCUT2D eigenvalue weighted by molar-refractivity contribution is 5.81. The SMILES string of the molecule is COC(=O)CCCN(C)C(=O)C(N)CC(C)C. The molecule has 5 nitrogen and oxygen atoms in total. The first kappa shape index (κ1) is 15.9. The Kier molecular flexibility index (Phi) is 7.54. The molecule has 100 valence electrons. The lowest BCUT2D eigenvalue weighted by atomic mass is 10.0. The van der Waals surface area contributed by atoms with Crippen molar-refractivity contribution in [2.45, 2.75) is 39.2 Å². The van der Waals surface area contributed by atoms with Gasteiger partial charge in [0.25, 0.3) is 0 Å². The zero-order valence-electron chi connectivity index (χ0n) is 11.2. The lowest BCUT2D eigenvalue weighted by Crippen LogP contribution is -2.42. The number of carbonyl (C=O) groups excluding carboxylic acids is 2. The number of carbonyl (C=O) groups is 2. The second-order valence-corrected chi connectivity index (χ2v) is 4.68. The van der Waals surface area contributed by atoms with Crippen molar-refractivity contribution in [2.75, 3.05) is 20.7 Å². The summed E-state index contributed by atoms with van der Waals surface area (Å²) in [5.74, 6) is 0.0818. The zero-order chi connectivity index (χ0) is 13.4. The number of hydrogen-bond acceptors (Lipinski definition) is 4. The van der Waals surface area contributed by atoms with Gasteiger partial charge in [0.1, 0.15) is 0 Å². The minimum Gasteiger partial charge on any atom is -0.469 e. The fraction of sp³-hybridized carbons (Fsp3) is 0.833. The molecule has 2 N–H and O–H groups in total. The van der Waals surface area contributed by atoms with Crippen molar-refractivity contribution in [1.82, 2.24) is 4.90 Å². The predicted octanol–water partition coefficient (Wildman–Crippen LogP) is 0.771. The summed E-state index contributed by atoms with van der Waals surface area (Å²) in [5, 5.41) is 0. The normalized spacial score (nSPS) is 12.4. The van der Waals surface area contributed by atoms with Crippen LogP contribution in [0.2, 0.25) is 0 Å². The molecule has 0 spiro atoms. The third-order valence-electron chi connectivity index (χ3n) is 2.52. The summed E-state index contributed by atoms with van der Waals surface area (Å²) >= 11 is 0. The highest BCUT2D eigenvalue weighted by Crippen LogP contribution is 2.05. The van der Waals surface area contributed by atoms with Gasteiger partial charge in [-0.15, -0.1) is 0 Å². The van der Waals surface area contributed by atoms with Crippen LogP contribution in [0.15, 0.2) is 0 Å². The highest BCUT2D eigenvalue weighted by atomic mass is 16.5. The number of rotatable bonds is 7. The average molecular weight is 244 g/mol. The maximum Gasteiger partial charge on any atom is 0.305 e. The Hall–Kier alpha value is -1.10. The molecule has 1 amide bonds. The zero-order valence-corrected chi connectivity index (χ0v) is 11.2. The van der Waals surface area contributed by atoms with E-state index < -0.39 is 6.04 Å². The van der Waals surface area contributed by atoms with Crippen LogP contribution in [0.1, 0.15) is 33.1 Å². The van der Waals surface area contributed by atoms with Crippen molar-refractivity contribution >= 4 is 11.9 Å². The minimum atomic E-state index is -0.446. The lowest BCUT2D eigenvalue weighted by Gasteiger charge is -2.22. The molecule has 17 heavy (non-hydrogen) atoms. The molecule has 0 aromatic carbocycles. The van der Waals surface area contributed by atoms with E-state index in [1.165, 1.54) is 7.11 Å². The fourth-order valence-corrected chi connectivity index (χ4v) is 1.56. The third kappa shape index (κ3) is 6.94. The van der Waals surface area contributed by atoms with Crippen LogP contribution >= 0.6 is 0 Å². The molecule has 1 atom stereocenters. The van der Waals surface area contributed by atoms with Gasteiger partial charge in [-0.3, -0.25) is 9.59 Å². The molecule has 0 saturated heterocycles. The number of nitrogens with zero attached hydrogens (tertiary/aromatic N) is 1. The van der Waals surface area contributed by atoms with E-state index in [0.29, 0.717) is 31.7 Å². The summed E-state index contributed by atoms with van der Waals surface area (Å²) in [6, 6.07) is -0.446. The summed E-state index contributed by atoms with van der Waals surface area (Å²) < 4.78 is 4.53. The number of amides is 1. The van der Waals surface area contributed by atoms with Crippen LogP contribution < -0.4 is 5.73 Å². The Bertz CT molecular complexity index is 254. The first-order valence-electron chi connectivity index (χ1n) is 5.95. The van der Waals surface area contributed by atoms with Crippen molar-refractivity contribution in [3.8, 4) is 0 Å². The molecule has 1 unspecified atom stereocenters. The summed E-state index contributed by atoms with van der Waals surface area (Å²) in [6.45, 7) is 4.59. The summed E-state index contributed by atoms with van der Waals surface area (Å²) in [4.78, 5) is 24.3. The second kappa shape index (κ2) is 8.06. The maximum absolute atomic E-state index is 11.8. The minimum absolute atomic E-state index is 0.0661. The van der Waals surface area contributed by atoms with Crippen molar-refractivity contribution < 1.29 is 14.3 Å². The van der Waals surface area contributed by atoms with E-state index >= 15 is 0 Å². The molecule has 0 saturated carbocycles. The van der Waals surface area contributed by atoms with Gasteiger partial charge >= 0.3 is 5.97 Å². The third-order valence-corrected chi connectivity index (χ3v) is 2.52. The molecule has 0 fully saturated rings. The van der Waals surface area contributed by atoms with Gasteiger partial charge in [-0.2, -0.15) is 0 Å². The number of esters is 1. The van der Waals surface area contributed by atoms with Gasteiger partial charge in [-0.1, -0.05) is 13.8 Å². The van der Waals surface area contributed by atoms with Crippen molar-refractivity contribution in [2.24, 2.45) is 11.7 Å². The van der Waals surface area contributed by atoms with Gasteiger partial charge < -0.3 is 15.4 Å². The highest BCUT2D eigenvalue weighted by Gasteiger charge is 2.18. The van der Waals surface area contributed by atoms with Gasteiger partial charge in [-0.25, -0.2) is 0 Å².